The molecule has 24 heavy (non-hydrogen) atoms. The second-order valence-corrected chi connectivity index (χ2v) is 5.71. The summed E-state index contributed by atoms with van der Waals surface area (Å²) < 4.78 is 1.07. The van der Waals surface area contributed by atoms with Crippen LogP contribution in [0, 0.1) is 0 Å². The van der Waals surface area contributed by atoms with Gasteiger partial charge in [0.05, 0.1) is 0 Å². The molecule has 0 radical (unpaired) electrons. The summed E-state index contributed by atoms with van der Waals surface area (Å²) in [6.07, 6.45) is 5.69. The lowest BCUT2D eigenvalue weighted by Crippen LogP contribution is -2.11. The Kier molecular flexibility index (Phi) is 7.81. The Morgan fingerprint density at radius 1 is 1.12 bits per heavy atom. The summed E-state index contributed by atoms with van der Waals surface area (Å²) in [5.74, 6) is -3.65. The zero-order chi connectivity index (χ0) is 18.1. The molecule has 0 spiro atoms. The van der Waals surface area contributed by atoms with Crippen molar-refractivity contribution in [2.45, 2.75) is 13.0 Å². The van der Waals surface area contributed by atoms with Crippen molar-refractivity contribution in [2.75, 3.05) is 0 Å². The number of aromatic nitrogens is 1. The molecule has 0 saturated heterocycles. The molecule has 1 aromatic heterocycles. The van der Waals surface area contributed by atoms with Crippen LogP contribution in [-0.2, 0) is 9.59 Å². The van der Waals surface area contributed by atoms with Gasteiger partial charge in [0.1, 0.15) is 0 Å². The lowest BCUT2D eigenvalue weighted by atomic mass is 9.97. The number of hydrogen-bond donors (Lipinski definition) is 3. The number of carbonyl (C=O) groups is 2. The fourth-order valence-corrected chi connectivity index (χ4v) is 2.04. The van der Waals surface area contributed by atoms with E-state index in [9.17, 15) is 0 Å². The van der Waals surface area contributed by atoms with E-state index in [0.717, 1.165) is 21.2 Å². The highest BCUT2D eigenvalue weighted by atomic mass is 79.9. The lowest BCUT2D eigenvalue weighted by Gasteiger charge is -2.10. The summed E-state index contributed by atoms with van der Waals surface area (Å²) in [7, 11) is 0. The molecule has 1 aromatic carbocycles. The van der Waals surface area contributed by atoms with E-state index in [1.165, 1.54) is 0 Å². The van der Waals surface area contributed by atoms with E-state index in [1.807, 2.05) is 37.4 Å². The van der Waals surface area contributed by atoms with Crippen molar-refractivity contribution < 1.29 is 19.8 Å². The third-order valence-corrected chi connectivity index (χ3v) is 3.27. The summed E-state index contributed by atoms with van der Waals surface area (Å²) in [5.41, 5.74) is 9.23. The van der Waals surface area contributed by atoms with Crippen molar-refractivity contribution >= 4 is 33.4 Å². The number of halogens is 1. The zero-order valence-electron chi connectivity index (χ0n) is 12.9. The molecule has 126 valence electrons. The second-order valence-electron chi connectivity index (χ2n) is 4.80. The van der Waals surface area contributed by atoms with Gasteiger partial charge in [0.15, 0.2) is 0 Å². The van der Waals surface area contributed by atoms with Crippen LogP contribution in [0.2, 0.25) is 0 Å². The van der Waals surface area contributed by atoms with Crippen molar-refractivity contribution in [2.24, 2.45) is 5.73 Å². The van der Waals surface area contributed by atoms with Gasteiger partial charge in [-0.25, -0.2) is 9.59 Å². The average Bonchev–Trinajstić information content (AvgIpc) is 2.55. The van der Waals surface area contributed by atoms with Gasteiger partial charge in [-0.05, 0) is 36.3 Å². The standard InChI is InChI=1S/C15H15BrN2.C2H2O4/c1-11(17)9-15(13-3-2-8-18-10-13)12-4-6-14(16)7-5-12;3-1(4)2(5)6/h2-11H,17H2,1H3;(H,3,4)(H,5,6). The summed E-state index contributed by atoms with van der Waals surface area (Å²) >= 11 is 3.45. The first-order valence-corrected chi connectivity index (χ1v) is 7.70. The number of carboxylic acids is 2. The van der Waals surface area contributed by atoms with E-state index in [4.69, 9.17) is 25.5 Å². The van der Waals surface area contributed by atoms with Gasteiger partial charge >= 0.3 is 11.9 Å². The monoisotopic (exact) mass is 392 g/mol. The minimum Gasteiger partial charge on any atom is -0.473 e. The lowest BCUT2D eigenvalue weighted by molar-refractivity contribution is -0.159. The molecule has 1 atom stereocenters. The van der Waals surface area contributed by atoms with Gasteiger partial charge in [-0.3, -0.25) is 4.98 Å². The van der Waals surface area contributed by atoms with Gasteiger partial charge in [0.25, 0.3) is 0 Å². The molecular weight excluding hydrogens is 376 g/mol. The molecule has 2 aromatic rings. The van der Waals surface area contributed by atoms with Gasteiger partial charge in [0.2, 0.25) is 0 Å². The maximum atomic E-state index is 9.10. The fraction of sp³-hybridized carbons (Fsp3) is 0.118. The van der Waals surface area contributed by atoms with Crippen LogP contribution >= 0.6 is 15.9 Å². The number of rotatable bonds is 3. The van der Waals surface area contributed by atoms with Crippen LogP contribution in [0.15, 0.2) is 59.3 Å². The number of hydrogen-bond acceptors (Lipinski definition) is 4. The van der Waals surface area contributed by atoms with Gasteiger partial charge in [-0.15, -0.1) is 0 Å². The molecule has 4 N–H and O–H groups in total. The van der Waals surface area contributed by atoms with E-state index in [0.29, 0.717) is 0 Å². The predicted octanol–water partition coefficient (Wildman–Crippen LogP) is 2.78. The maximum absolute atomic E-state index is 9.10. The summed E-state index contributed by atoms with van der Waals surface area (Å²) in [5, 5.41) is 14.8. The van der Waals surface area contributed by atoms with Crippen LogP contribution < -0.4 is 5.73 Å². The molecule has 6 nitrogen and oxygen atoms in total. The van der Waals surface area contributed by atoms with Crippen LogP contribution in [-0.4, -0.2) is 33.2 Å². The number of nitrogens with two attached hydrogens (primary N) is 1. The molecule has 0 fully saturated rings. The Labute approximate surface area is 147 Å². The van der Waals surface area contributed by atoms with E-state index in [-0.39, 0.29) is 6.04 Å². The Morgan fingerprint density at radius 3 is 2.12 bits per heavy atom. The first-order chi connectivity index (χ1) is 11.3. The first-order valence-electron chi connectivity index (χ1n) is 6.91. The number of nitrogens with zero attached hydrogens (tertiary/aromatic N) is 1. The molecular formula is C17H17BrN2O4. The highest BCUT2D eigenvalue weighted by Crippen LogP contribution is 2.24. The fourth-order valence-electron chi connectivity index (χ4n) is 1.77. The summed E-state index contributed by atoms with van der Waals surface area (Å²) in [6.45, 7) is 1.97. The molecule has 7 heteroatoms. The number of carboxylic acid groups (broad SMARTS) is 2. The minimum atomic E-state index is -1.82. The van der Waals surface area contributed by atoms with Crippen molar-refractivity contribution in [1.29, 1.82) is 0 Å². The quantitative estimate of drug-likeness (QED) is 0.691. The van der Waals surface area contributed by atoms with E-state index < -0.39 is 11.9 Å². The van der Waals surface area contributed by atoms with Gasteiger partial charge < -0.3 is 15.9 Å². The van der Waals surface area contributed by atoms with Crippen molar-refractivity contribution in [3.05, 3.63) is 70.5 Å². The molecule has 1 unspecified atom stereocenters. The summed E-state index contributed by atoms with van der Waals surface area (Å²) in [6, 6.07) is 12.2. The zero-order valence-corrected chi connectivity index (χ0v) is 14.5. The van der Waals surface area contributed by atoms with Crippen LogP contribution in [0.1, 0.15) is 18.1 Å². The van der Waals surface area contributed by atoms with Gasteiger partial charge in [-0.1, -0.05) is 40.2 Å². The third-order valence-electron chi connectivity index (χ3n) is 2.74. The Balaban J connectivity index is 0.000000413. The topological polar surface area (TPSA) is 114 Å². The van der Waals surface area contributed by atoms with Crippen LogP contribution in [0.5, 0.6) is 0 Å². The number of aliphatic carboxylic acids is 2. The molecule has 0 aliphatic rings. The van der Waals surface area contributed by atoms with Gasteiger partial charge in [-0.2, -0.15) is 0 Å². The third kappa shape index (κ3) is 6.72. The molecule has 2 rings (SSSR count). The molecule has 0 aliphatic carbocycles. The summed E-state index contributed by atoms with van der Waals surface area (Å²) in [4.78, 5) is 22.4. The highest BCUT2D eigenvalue weighted by molar-refractivity contribution is 9.10. The molecule has 0 amide bonds. The molecule has 1 heterocycles. The SMILES string of the molecule is CC(N)C=C(c1ccc(Br)cc1)c1cccnc1.O=C(O)C(=O)O. The van der Waals surface area contributed by atoms with E-state index in [2.05, 4.69) is 39.1 Å². The normalized spacial score (nSPS) is 11.9. The minimum absolute atomic E-state index is 0.00357. The highest BCUT2D eigenvalue weighted by Gasteiger charge is 2.06. The van der Waals surface area contributed by atoms with Crippen LogP contribution in [0.25, 0.3) is 5.57 Å². The Hall–Kier alpha value is -2.51. The van der Waals surface area contributed by atoms with Crippen LogP contribution in [0.4, 0.5) is 0 Å². The first kappa shape index (κ1) is 19.5. The van der Waals surface area contributed by atoms with Gasteiger partial charge in [0, 0.05) is 28.5 Å². The molecule has 0 saturated carbocycles. The van der Waals surface area contributed by atoms with Crippen LogP contribution in [0.3, 0.4) is 0 Å². The largest absolute Gasteiger partial charge is 0.473 e. The Morgan fingerprint density at radius 2 is 1.71 bits per heavy atom. The number of benzene rings is 1. The predicted molar refractivity (Wildman–Crippen MR) is 94.4 cm³/mol. The smallest absolute Gasteiger partial charge is 0.414 e. The van der Waals surface area contributed by atoms with E-state index >= 15 is 0 Å². The molecule has 0 aliphatic heterocycles. The van der Waals surface area contributed by atoms with Crippen molar-refractivity contribution in [1.82, 2.24) is 4.98 Å². The van der Waals surface area contributed by atoms with Crippen molar-refractivity contribution in [3.63, 3.8) is 0 Å². The second kappa shape index (κ2) is 9.59. The number of pyridine rings is 1. The Bertz CT molecular complexity index is 701. The van der Waals surface area contributed by atoms with Crippen molar-refractivity contribution in [3.8, 4) is 0 Å². The average molecular weight is 393 g/mol. The maximum Gasteiger partial charge on any atom is 0.414 e. The van der Waals surface area contributed by atoms with E-state index in [1.54, 1.807) is 6.20 Å². The molecule has 0 bridgehead atoms.